The third kappa shape index (κ3) is 5.14. The van der Waals surface area contributed by atoms with Crippen LogP contribution in [0.5, 0.6) is 0 Å². The number of rotatable bonds is 6. The van der Waals surface area contributed by atoms with Crippen LogP contribution in [0.4, 0.5) is 22.0 Å². The van der Waals surface area contributed by atoms with E-state index in [1.54, 1.807) is 6.20 Å². The molecule has 1 amide bonds. The maximum Gasteiger partial charge on any atom is 0.224 e. The van der Waals surface area contributed by atoms with E-state index < -0.39 is 5.82 Å². The van der Waals surface area contributed by atoms with E-state index in [2.05, 4.69) is 15.6 Å². The van der Waals surface area contributed by atoms with Gasteiger partial charge in [0.05, 0.1) is 21.9 Å². The van der Waals surface area contributed by atoms with Crippen molar-refractivity contribution in [2.24, 2.45) is 11.7 Å². The van der Waals surface area contributed by atoms with Gasteiger partial charge >= 0.3 is 0 Å². The number of carbonyl (C=O) groups is 1. The van der Waals surface area contributed by atoms with Crippen LogP contribution >= 0.6 is 23.2 Å². The zero-order valence-electron chi connectivity index (χ0n) is 18.9. The highest BCUT2D eigenvalue weighted by Gasteiger charge is 2.29. The largest absolute Gasteiger partial charge is 0.381 e. The molecule has 0 radical (unpaired) electrons. The number of fused-ring (bicyclic) bond motifs is 1. The molecule has 3 heterocycles. The molecule has 0 unspecified atom stereocenters. The molecule has 1 saturated carbocycles. The molecule has 5 rings (SSSR count). The van der Waals surface area contributed by atoms with Gasteiger partial charge in [0, 0.05) is 31.2 Å². The van der Waals surface area contributed by atoms with Gasteiger partial charge in [-0.3, -0.25) is 9.36 Å². The summed E-state index contributed by atoms with van der Waals surface area (Å²) in [6.45, 7) is 1.41. The summed E-state index contributed by atoms with van der Waals surface area (Å²) in [5.41, 5.74) is 7.13. The maximum absolute atomic E-state index is 13.7. The van der Waals surface area contributed by atoms with Crippen LogP contribution in [0, 0.1) is 11.7 Å². The molecular formula is C23H26Cl2FN7O2. The quantitative estimate of drug-likeness (QED) is 0.425. The van der Waals surface area contributed by atoms with Gasteiger partial charge in [0.2, 0.25) is 17.8 Å². The molecule has 1 aliphatic carbocycles. The number of nitrogens with zero attached hydrogens (tertiary/aromatic N) is 4. The van der Waals surface area contributed by atoms with Crippen molar-refractivity contribution < 1.29 is 13.9 Å². The van der Waals surface area contributed by atoms with E-state index in [1.165, 1.54) is 12.1 Å². The third-order valence-corrected chi connectivity index (χ3v) is 7.29. The van der Waals surface area contributed by atoms with E-state index in [0.717, 1.165) is 25.7 Å². The number of hydrogen-bond donors (Lipinski definition) is 3. The second kappa shape index (κ2) is 10.1. The standard InChI is InChI=1S/C23H26Cl2FN7O2/c24-16-9-13(26)10-17(25)19(16)31-23-30-18-11-28-22(29-14-5-7-35-8-6-14)32-21(18)33(23)15-3-1-12(2-4-15)20(27)34/h9-12,14-15H,1-8H2,(H2,27,34)(H,30,31)(H,28,29,32)/t12-,15-. The van der Waals surface area contributed by atoms with Crippen LogP contribution in [0.25, 0.3) is 11.2 Å². The Bertz CT molecular complexity index is 1220. The van der Waals surface area contributed by atoms with Crippen LogP contribution in [0.15, 0.2) is 18.3 Å². The van der Waals surface area contributed by atoms with Crippen LogP contribution in [0.3, 0.4) is 0 Å². The van der Waals surface area contributed by atoms with Gasteiger partial charge in [-0.25, -0.2) is 14.4 Å². The number of carbonyl (C=O) groups excluding carboxylic acids is 1. The maximum atomic E-state index is 13.7. The molecule has 35 heavy (non-hydrogen) atoms. The molecule has 3 aromatic rings. The fourth-order valence-electron chi connectivity index (χ4n) is 4.81. The Morgan fingerprint density at radius 1 is 1.09 bits per heavy atom. The minimum absolute atomic E-state index is 0.0157. The normalized spacial score (nSPS) is 21.2. The Balaban J connectivity index is 1.52. The summed E-state index contributed by atoms with van der Waals surface area (Å²) < 4.78 is 21.2. The van der Waals surface area contributed by atoms with Crippen LogP contribution < -0.4 is 16.4 Å². The summed E-state index contributed by atoms with van der Waals surface area (Å²) in [5.74, 6) is 0.0426. The number of anilines is 3. The van der Waals surface area contributed by atoms with E-state index in [1.807, 2.05) is 4.57 Å². The highest BCUT2D eigenvalue weighted by molar-refractivity contribution is 6.39. The average molecular weight is 522 g/mol. The van der Waals surface area contributed by atoms with Gasteiger partial charge in [-0.2, -0.15) is 4.98 Å². The number of nitrogens with one attached hydrogen (secondary N) is 2. The number of nitrogens with two attached hydrogens (primary N) is 1. The van der Waals surface area contributed by atoms with Crippen molar-refractivity contribution in [1.82, 2.24) is 19.5 Å². The van der Waals surface area contributed by atoms with Crippen LogP contribution in [-0.4, -0.2) is 44.7 Å². The molecule has 1 saturated heterocycles. The molecule has 9 nitrogen and oxygen atoms in total. The zero-order chi connectivity index (χ0) is 24.5. The highest BCUT2D eigenvalue weighted by Crippen LogP contribution is 2.39. The fourth-order valence-corrected chi connectivity index (χ4v) is 5.37. The molecule has 0 bridgehead atoms. The van der Waals surface area contributed by atoms with E-state index in [0.29, 0.717) is 54.8 Å². The number of imidazole rings is 1. The molecule has 1 aliphatic heterocycles. The topological polar surface area (TPSA) is 120 Å². The number of ether oxygens (including phenoxy) is 1. The van der Waals surface area contributed by atoms with Crippen LogP contribution in [0.1, 0.15) is 44.6 Å². The molecule has 1 aromatic carbocycles. The van der Waals surface area contributed by atoms with Crippen LogP contribution in [-0.2, 0) is 9.53 Å². The fraction of sp³-hybridized carbons (Fsp3) is 0.478. The summed E-state index contributed by atoms with van der Waals surface area (Å²) in [5, 5.41) is 6.86. The zero-order valence-corrected chi connectivity index (χ0v) is 20.4. The number of primary amides is 1. The predicted octanol–water partition coefficient (Wildman–Crippen LogP) is 4.82. The van der Waals surface area contributed by atoms with Crippen molar-refractivity contribution in [3.8, 4) is 0 Å². The number of hydrogen-bond acceptors (Lipinski definition) is 7. The smallest absolute Gasteiger partial charge is 0.224 e. The Labute approximate surface area is 211 Å². The molecule has 0 atom stereocenters. The lowest BCUT2D eigenvalue weighted by atomic mass is 9.85. The minimum Gasteiger partial charge on any atom is -0.381 e. The first-order valence-corrected chi connectivity index (χ1v) is 12.4. The van der Waals surface area contributed by atoms with Gasteiger partial charge in [0.25, 0.3) is 0 Å². The Morgan fingerprint density at radius 2 is 1.77 bits per heavy atom. The van der Waals surface area contributed by atoms with E-state index in [9.17, 15) is 9.18 Å². The molecule has 2 fully saturated rings. The first kappa shape index (κ1) is 24.0. The molecule has 186 valence electrons. The molecular weight excluding hydrogens is 496 g/mol. The van der Waals surface area contributed by atoms with E-state index in [4.69, 9.17) is 43.6 Å². The number of amides is 1. The van der Waals surface area contributed by atoms with E-state index >= 15 is 0 Å². The molecule has 2 aromatic heterocycles. The Kier molecular flexibility index (Phi) is 6.95. The van der Waals surface area contributed by atoms with Gasteiger partial charge in [0.1, 0.15) is 11.3 Å². The SMILES string of the molecule is NC(=O)[C@H]1CC[C@H](n2c(Nc3c(Cl)cc(F)cc3Cl)nc3cnc(NC4CCOCC4)nc32)CC1. The molecule has 0 spiro atoms. The van der Waals surface area contributed by atoms with Gasteiger partial charge in [-0.15, -0.1) is 0 Å². The predicted molar refractivity (Wildman–Crippen MR) is 133 cm³/mol. The van der Waals surface area contributed by atoms with Gasteiger partial charge < -0.3 is 21.1 Å². The highest BCUT2D eigenvalue weighted by atomic mass is 35.5. The van der Waals surface area contributed by atoms with Crippen molar-refractivity contribution in [3.05, 3.63) is 34.2 Å². The van der Waals surface area contributed by atoms with Crippen molar-refractivity contribution in [2.75, 3.05) is 23.8 Å². The third-order valence-electron chi connectivity index (χ3n) is 6.70. The molecule has 12 heteroatoms. The molecule has 2 aliphatic rings. The van der Waals surface area contributed by atoms with Gasteiger partial charge in [-0.05, 0) is 50.7 Å². The van der Waals surface area contributed by atoms with Crippen LogP contribution in [0.2, 0.25) is 10.0 Å². The first-order chi connectivity index (χ1) is 16.9. The van der Waals surface area contributed by atoms with Crippen molar-refractivity contribution in [3.63, 3.8) is 0 Å². The Morgan fingerprint density at radius 3 is 2.43 bits per heavy atom. The number of aromatic nitrogens is 4. The summed E-state index contributed by atoms with van der Waals surface area (Å²) in [4.78, 5) is 25.7. The second-order valence-corrected chi connectivity index (χ2v) is 9.83. The second-order valence-electron chi connectivity index (χ2n) is 9.02. The lowest BCUT2D eigenvalue weighted by Crippen LogP contribution is -2.29. The lowest BCUT2D eigenvalue weighted by molar-refractivity contribution is -0.122. The summed E-state index contributed by atoms with van der Waals surface area (Å²) >= 11 is 12.6. The first-order valence-electron chi connectivity index (χ1n) is 11.7. The summed E-state index contributed by atoms with van der Waals surface area (Å²) in [6.07, 6.45) is 6.24. The minimum atomic E-state index is -0.529. The summed E-state index contributed by atoms with van der Waals surface area (Å²) in [7, 11) is 0. The monoisotopic (exact) mass is 521 g/mol. The van der Waals surface area contributed by atoms with Crippen molar-refractivity contribution >= 4 is 57.9 Å². The van der Waals surface area contributed by atoms with E-state index in [-0.39, 0.29) is 34.0 Å². The van der Waals surface area contributed by atoms with Gasteiger partial charge in [0.15, 0.2) is 5.65 Å². The summed E-state index contributed by atoms with van der Waals surface area (Å²) in [6, 6.07) is 2.63. The van der Waals surface area contributed by atoms with Gasteiger partial charge in [-0.1, -0.05) is 23.2 Å². The van der Waals surface area contributed by atoms with Crippen molar-refractivity contribution in [1.29, 1.82) is 0 Å². The number of halogens is 3. The average Bonchev–Trinajstić information content (AvgIpc) is 3.19. The molecule has 4 N–H and O–H groups in total. The number of benzene rings is 1. The lowest BCUT2D eigenvalue weighted by Gasteiger charge is -2.29. The Hall–Kier alpha value is -2.69. The van der Waals surface area contributed by atoms with Crippen molar-refractivity contribution in [2.45, 2.75) is 50.6 Å².